The van der Waals surface area contributed by atoms with Crippen molar-refractivity contribution in [3.8, 4) is 0 Å². The number of hydrogen-bond acceptors (Lipinski definition) is 5. The predicted molar refractivity (Wildman–Crippen MR) is 91.1 cm³/mol. The molecule has 0 rings (SSSR count). The molecule has 0 unspecified atom stereocenters. The molecular formula is C18H33NO4. The van der Waals surface area contributed by atoms with E-state index < -0.39 is 0 Å². The number of Topliss-reactive ketones (excluding diaryl/α,β-unsaturated/α-hetero) is 2. The number of carbonyl (C=O) groups excluding carboxylic acids is 3. The van der Waals surface area contributed by atoms with Crippen LogP contribution in [0.15, 0.2) is 0 Å². The van der Waals surface area contributed by atoms with Gasteiger partial charge in [-0.25, -0.2) is 0 Å². The second-order valence-corrected chi connectivity index (χ2v) is 6.10. The molecule has 0 aliphatic carbocycles. The highest BCUT2D eigenvalue weighted by Gasteiger charge is 2.06. The molecule has 23 heavy (non-hydrogen) atoms. The number of esters is 1. The van der Waals surface area contributed by atoms with Gasteiger partial charge in [0.25, 0.3) is 0 Å². The molecule has 2 N–H and O–H groups in total. The molecule has 0 saturated carbocycles. The number of rotatable bonds is 16. The Balaban J connectivity index is 3.20. The van der Waals surface area contributed by atoms with Crippen LogP contribution in [0.3, 0.4) is 0 Å². The molecule has 0 aliphatic rings. The van der Waals surface area contributed by atoms with Gasteiger partial charge in [-0.15, -0.1) is 0 Å². The number of unbranched alkanes of at least 4 members (excludes halogenated alkanes) is 8. The largest absolute Gasteiger partial charge is 0.466 e. The Morgan fingerprint density at radius 1 is 0.739 bits per heavy atom. The van der Waals surface area contributed by atoms with E-state index >= 15 is 0 Å². The number of carbonyl (C=O) groups is 3. The van der Waals surface area contributed by atoms with E-state index in [4.69, 9.17) is 10.5 Å². The third-order valence-electron chi connectivity index (χ3n) is 3.77. The maximum atomic E-state index is 11.3. The van der Waals surface area contributed by atoms with Crippen molar-refractivity contribution in [1.82, 2.24) is 0 Å². The Kier molecular flexibility index (Phi) is 14.8. The minimum absolute atomic E-state index is 0.00991. The van der Waals surface area contributed by atoms with Gasteiger partial charge in [-0.05, 0) is 19.8 Å². The minimum atomic E-state index is -0.308. The lowest BCUT2D eigenvalue weighted by atomic mass is 10.1. The van der Waals surface area contributed by atoms with E-state index in [9.17, 15) is 14.4 Å². The Bertz CT molecular complexity index is 342. The molecule has 5 nitrogen and oxygen atoms in total. The maximum Gasteiger partial charge on any atom is 0.306 e. The van der Waals surface area contributed by atoms with Crippen molar-refractivity contribution in [2.75, 3.05) is 13.2 Å². The third kappa shape index (κ3) is 17.0. The van der Waals surface area contributed by atoms with Crippen LogP contribution in [-0.2, 0) is 19.1 Å². The summed E-state index contributed by atoms with van der Waals surface area (Å²) in [5, 5.41) is 0. The van der Waals surface area contributed by atoms with Crippen LogP contribution in [0.4, 0.5) is 0 Å². The summed E-state index contributed by atoms with van der Waals surface area (Å²) in [6.45, 7) is 2.08. The van der Waals surface area contributed by atoms with Gasteiger partial charge in [-0.1, -0.05) is 44.9 Å². The zero-order chi connectivity index (χ0) is 17.3. The number of ketones is 2. The van der Waals surface area contributed by atoms with Crippen LogP contribution in [0, 0.1) is 0 Å². The summed E-state index contributed by atoms with van der Waals surface area (Å²) in [4.78, 5) is 33.1. The quantitative estimate of drug-likeness (QED) is 0.347. The molecule has 0 heterocycles. The molecule has 0 bridgehead atoms. The summed E-state index contributed by atoms with van der Waals surface area (Å²) < 4.78 is 5.07. The molecule has 0 fully saturated rings. The highest BCUT2D eigenvalue weighted by molar-refractivity contribution is 5.84. The van der Waals surface area contributed by atoms with Gasteiger partial charge in [-0.3, -0.25) is 9.59 Å². The van der Waals surface area contributed by atoms with E-state index in [0.717, 1.165) is 38.5 Å². The summed E-state index contributed by atoms with van der Waals surface area (Å²) in [5.41, 5.74) is 5.17. The number of hydrogen-bond donors (Lipinski definition) is 1. The lowest BCUT2D eigenvalue weighted by Gasteiger charge is -2.05. The molecule has 0 aromatic carbocycles. The average Bonchev–Trinajstić information content (AvgIpc) is 2.53. The standard InChI is InChI=1S/C18H33NO4/c1-16(20)11-9-7-5-3-2-4-6-8-10-14-23-18(22)13-12-17(21)15-19/h2-15,19H2,1H3. The van der Waals surface area contributed by atoms with Crippen molar-refractivity contribution in [1.29, 1.82) is 0 Å². The molecule has 0 atom stereocenters. The van der Waals surface area contributed by atoms with Crippen molar-refractivity contribution in [3.05, 3.63) is 0 Å². The van der Waals surface area contributed by atoms with Crippen LogP contribution in [0.25, 0.3) is 0 Å². The molecule has 0 spiro atoms. The smallest absolute Gasteiger partial charge is 0.306 e. The topological polar surface area (TPSA) is 86.5 Å². The predicted octanol–water partition coefficient (Wildman–Crippen LogP) is 3.33. The fraction of sp³-hybridized carbons (Fsp3) is 0.833. The summed E-state index contributed by atoms with van der Waals surface area (Å²) in [5.74, 6) is -0.128. The normalized spacial score (nSPS) is 10.5. The molecule has 0 radical (unpaired) electrons. The molecule has 0 amide bonds. The van der Waals surface area contributed by atoms with Crippen molar-refractivity contribution in [2.45, 2.75) is 84.0 Å². The van der Waals surface area contributed by atoms with Crippen molar-refractivity contribution in [3.63, 3.8) is 0 Å². The van der Waals surface area contributed by atoms with Crippen LogP contribution in [0.1, 0.15) is 84.0 Å². The maximum absolute atomic E-state index is 11.3. The zero-order valence-corrected chi connectivity index (χ0v) is 14.6. The summed E-state index contributed by atoms with van der Waals surface area (Å²) in [6, 6.07) is 0. The Morgan fingerprint density at radius 2 is 1.26 bits per heavy atom. The molecular weight excluding hydrogens is 294 g/mol. The first kappa shape index (κ1) is 21.8. The highest BCUT2D eigenvalue weighted by atomic mass is 16.5. The SMILES string of the molecule is CC(=O)CCCCCCCCCCCOC(=O)CCC(=O)CN. The number of nitrogens with two attached hydrogens (primary N) is 1. The van der Waals surface area contributed by atoms with Crippen LogP contribution in [0.2, 0.25) is 0 Å². The van der Waals surface area contributed by atoms with E-state index in [0.29, 0.717) is 6.61 Å². The van der Waals surface area contributed by atoms with E-state index in [2.05, 4.69) is 0 Å². The van der Waals surface area contributed by atoms with E-state index in [1.54, 1.807) is 6.92 Å². The minimum Gasteiger partial charge on any atom is -0.466 e. The molecule has 0 aliphatic heterocycles. The molecule has 0 aromatic heterocycles. The lowest BCUT2D eigenvalue weighted by molar-refractivity contribution is -0.144. The third-order valence-corrected chi connectivity index (χ3v) is 3.77. The van der Waals surface area contributed by atoms with Gasteiger partial charge in [-0.2, -0.15) is 0 Å². The van der Waals surface area contributed by atoms with Crippen molar-refractivity contribution >= 4 is 17.5 Å². The van der Waals surface area contributed by atoms with Gasteiger partial charge < -0.3 is 15.3 Å². The van der Waals surface area contributed by atoms with Gasteiger partial charge >= 0.3 is 5.97 Å². The second-order valence-electron chi connectivity index (χ2n) is 6.10. The van der Waals surface area contributed by atoms with Crippen LogP contribution < -0.4 is 5.73 Å². The average molecular weight is 327 g/mol. The van der Waals surface area contributed by atoms with Crippen LogP contribution in [0.5, 0.6) is 0 Å². The van der Waals surface area contributed by atoms with Crippen LogP contribution >= 0.6 is 0 Å². The van der Waals surface area contributed by atoms with Gasteiger partial charge in [0.1, 0.15) is 11.6 Å². The van der Waals surface area contributed by atoms with E-state index in [-0.39, 0.29) is 36.9 Å². The molecule has 5 heteroatoms. The second kappa shape index (κ2) is 15.7. The fourth-order valence-electron chi connectivity index (χ4n) is 2.32. The van der Waals surface area contributed by atoms with Gasteiger partial charge in [0, 0.05) is 12.8 Å². The zero-order valence-electron chi connectivity index (χ0n) is 14.6. The first-order chi connectivity index (χ1) is 11.1. The first-order valence-electron chi connectivity index (χ1n) is 8.93. The summed E-state index contributed by atoms with van der Waals surface area (Å²) in [7, 11) is 0. The van der Waals surface area contributed by atoms with E-state index in [1.165, 1.54) is 25.7 Å². The summed E-state index contributed by atoms with van der Waals surface area (Å²) in [6.07, 6.45) is 11.2. The fourth-order valence-corrected chi connectivity index (χ4v) is 2.32. The van der Waals surface area contributed by atoms with Crippen molar-refractivity contribution < 1.29 is 19.1 Å². The van der Waals surface area contributed by atoms with Crippen LogP contribution in [-0.4, -0.2) is 30.7 Å². The molecule has 0 saturated heterocycles. The lowest BCUT2D eigenvalue weighted by Crippen LogP contribution is -2.15. The van der Waals surface area contributed by atoms with Gasteiger partial charge in [0.15, 0.2) is 0 Å². The van der Waals surface area contributed by atoms with Gasteiger partial charge in [0.05, 0.1) is 19.6 Å². The summed E-state index contributed by atoms with van der Waals surface area (Å²) >= 11 is 0. The Labute approximate surface area is 140 Å². The van der Waals surface area contributed by atoms with E-state index in [1.807, 2.05) is 0 Å². The highest BCUT2D eigenvalue weighted by Crippen LogP contribution is 2.11. The van der Waals surface area contributed by atoms with Gasteiger partial charge in [0.2, 0.25) is 0 Å². The molecule has 134 valence electrons. The Morgan fingerprint density at radius 3 is 1.78 bits per heavy atom. The molecule has 0 aromatic rings. The first-order valence-corrected chi connectivity index (χ1v) is 8.93. The Hall–Kier alpha value is -1.23. The monoisotopic (exact) mass is 327 g/mol. The van der Waals surface area contributed by atoms with Crippen molar-refractivity contribution in [2.24, 2.45) is 5.73 Å². The number of ether oxygens (including phenoxy) is 1.